The summed E-state index contributed by atoms with van der Waals surface area (Å²) in [5.41, 5.74) is 0. The van der Waals surface area contributed by atoms with Gasteiger partial charge in [0.15, 0.2) is 15.8 Å². The highest BCUT2D eigenvalue weighted by Crippen LogP contribution is 2.10. The van der Waals surface area contributed by atoms with Crippen molar-refractivity contribution in [1.82, 2.24) is 15.5 Å². The third kappa shape index (κ3) is 7.48. The summed E-state index contributed by atoms with van der Waals surface area (Å²) in [7, 11) is -3.23. The van der Waals surface area contributed by atoms with E-state index in [0.717, 1.165) is 38.8 Å². The summed E-state index contributed by atoms with van der Waals surface area (Å²) in [6, 6.07) is 8.94. The van der Waals surface area contributed by atoms with E-state index in [-0.39, 0.29) is 5.75 Å². The summed E-state index contributed by atoms with van der Waals surface area (Å²) in [6.07, 6.45) is 0.528. The van der Waals surface area contributed by atoms with Crippen molar-refractivity contribution in [2.24, 2.45) is 4.99 Å². The highest BCUT2D eigenvalue weighted by atomic mass is 32.2. The highest BCUT2D eigenvalue weighted by Gasteiger charge is 2.17. The van der Waals surface area contributed by atoms with Crippen molar-refractivity contribution in [1.29, 1.82) is 0 Å². The van der Waals surface area contributed by atoms with Crippen molar-refractivity contribution in [3.63, 3.8) is 0 Å². The van der Waals surface area contributed by atoms with Crippen LogP contribution in [0.2, 0.25) is 0 Å². The van der Waals surface area contributed by atoms with Gasteiger partial charge in [0.1, 0.15) is 0 Å². The summed E-state index contributed by atoms with van der Waals surface area (Å²) in [5, 5.41) is 6.45. The summed E-state index contributed by atoms with van der Waals surface area (Å²) in [5.74, 6) is 0.850. The highest BCUT2D eigenvalue weighted by molar-refractivity contribution is 7.91. The average Bonchev–Trinajstić information content (AvgIpc) is 2.70. The van der Waals surface area contributed by atoms with Crippen LogP contribution >= 0.6 is 0 Å². The molecule has 1 aliphatic rings. The molecule has 2 rings (SSSR count). The van der Waals surface area contributed by atoms with Crippen LogP contribution in [0.4, 0.5) is 0 Å². The number of hydrogen-bond acceptors (Lipinski definition) is 5. The summed E-state index contributed by atoms with van der Waals surface area (Å²) in [4.78, 5) is 7.40. The lowest BCUT2D eigenvalue weighted by atomic mass is 10.2. The van der Waals surface area contributed by atoms with Crippen molar-refractivity contribution in [2.75, 3.05) is 51.7 Å². The number of aliphatic imine (C=N–C) groups is 1. The molecule has 0 saturated carbocycles. The first kappa shape index (κ1) is 21.7. The molecule has 0 bridgehead atoms. The molecule has 8 heteroatoms. The van der Waals surface area contributed by atoms with Gasteiger partial charge in [-0.1, -0.05) is 18.2 Å². The normalized spacial score (nSPS) is 17.5. The van der Waals surface area contributed by atoms with E-state index in [4.69, 9.17) is 4.74 Å². The number of hydrogen-bond donors (Lipinski definition) is 2. The Morgan fingerprint density at radius 3 is 2.59 bits per heavy atom. The number of morpholine rings is 1. The van der Waals surface area contributed by atoms with Gasteiger partial charge in [-0.15, -0.1) is 0 Å². The monoisotopic (exact) mass is 396 g/mol. The quantitative estimate of drug-likeness (QED) is 0.370. The zero-order valence-electron chi connectivity index (χ0n) is 16.4. The van der Waals surface area contributed by atoms with Crippen molar-refractivity contribution in [3.05, 3.63) is 30.3 Å². The maximum Gasteiger partial charge on any atom is 0.191 e. The first-order valence-corrected chi connectivity index (χ1v) is 11.3. The lowest BCUT2D eigenvalue weighted by molar-refractivity contribution is 0.0220. The van der Waals surface area contributed by atoms with E-state index >= 15 is 0 Å². The van der Waals surface area contributed by atoms with Gasteiger partial charge in [-0.25, -0.2) is 8.42 Å². The molecule has 1 saturated heterocycles. The molecule has 1 atom stereocenters. The van der Waals surface area contributed by atoms with E-state index in [1.807, 2.05) is 13.0 Å². The molecule has 1 aliphatic heterocycles. The van der Waals surface area contributed by atoms with Crippen LogP contribution in [0.5, 0.6) is 0 Å². The van der Waals surface area contributed by atoms with Gasteiger partial charge in [0.25, 0.3) is 0 Å². The molecule has 1 aromatic rings. The van der Waals surface area contributed by atoms with Crippen LogP contribution in [-0.2, 0) is 14.6 Å². The maximum absolute atomic E-state index is 12.3. The van der Waals surface area contributed by atoms with E-state index in [2.05, 4.69) is 27.4 Å². The molecule has 0 amide bonds. The molecule has 0 spiro atoms. The minimum Gasteiger partial charge on any atom is -0.379 e. The molecular weight excluding hydrogens is 364 g/mol. The molecular formula is C19H32N4O3S. The molecule has 1 fully saturated rings. The molecule has 0 aliphatic carbocycles. The van der Waals surface area contributed by atoms with Gasteiger partial charge in [0, 0.05) is 32.2 Å². The average molecular weight is 397 g/mol. The van der Waals surface area contributed by atoms with Gasteiger partial charge < -0.3 is 15.4 Å². The molecule has 1 unspecified atom stereocenters. The second-order valence-electron chi connectivity index (χ2n) is 6.63. The van der Waals surface area contributed by atoms with Gasteiger partial charge >= 0.3 is 0 Å². The van der Waals surface area contributed by atoms with Crippen molar-refractivity contribution >= 4 is 15.8 Å². The second-order valence-corrected chi connectivity index (χ2v) is 8.74. The minimum absolute atomic E-state index is 0.119. The molecule has 2 N–H and O–H groups in total. The van der Waals surface area contributed by atoms with Gasteiger partial charge in [0.2, 0.25) is 0 Å². The molecule has 27 heavy (non-hydrogen) atoms. The minimum atomic E-state index is -3.23. The van der Waals surface area contributed by atoms with Gasteiger partial charge in [-0.05, 0) is 32.4 Å². The fraction of sp³-hybridized carbons (Fsp3) is 0.632. The Hall–Kier alpha value is -1.64. The van der Waals surface area contributed by atoms with Crippen LogP contribution in [0.25, 0.3) is 0 Å². The zero-order chi connectivity index (χ0) is 19.5. The Bertz CT molecular complexity index is 673. The predicted molar refractivity (Wildman–Crippen MR) is 109 cm³/mol. The fourth-order valence-electron chi connectivity index (χ4n) is 2.91. The van der Waals surface area contributed by atoms with E-state index in [9.17, 15) is 8.42 Å². The Morgan fingerprint density at radius 1 is 1.22 bits per heavy atom. The Balaban J connectivity index is 1.78. The van der Waals surface area contributed by atoms with Crippen molar-refractivity contribution in [2.45, 2.75) is 31.2 Å². The van der Waals surface area contributed by atoms with Crippen LogP contribution in [-0.4, -0.2) is 77.0 Å². The Morgan fingerprint density at radius 2 is 1.93 bits per heavy atom. The lowest BCUT2D eigenvalue weighted by Gasteiger charge is -2.31. The lowest BCUT2D eigenvalue weighted by Crippen LogP contribution is -2.44. The van der Waals surface area contributed by atoms with E-state index in [0.29, 0.717) is 30.4 Å². The van der Waals surface area contributed by atoms with Gasteiger partial charge in [-0.3, -0.25) is 9.89 Å². The molecule has 152 valence electrons. The number of rotatable bonds is 9. The number of ether oxygens (including phenoxy) is 1. The van der Waals surface area contributed by atoms with Crippen LogP contribution < -0.4 is 10.6 Å². The topological polar surface area (TPSA) is 83.0 Å². The fourth-order valence-corrected chi connectivity index (χ4v) is 4.25. The standard InChI is InChI=1S/C19H32N4O3S/c1-3-20-19(22-16-17(2)23-11-13-26-14-12-23)21-10-7-15-27(24,25)18-8-5-4-6-9-18/h4-6,8-9,17H,3,7,10-16H2,1-2H3,(H2,20,21,22). The molecule has 7 nitrogen and oxygen atoms in total. The predicted octanol–water partition coefficient (Wildman–Crippen LogP) is 1.13. The maximum atomic E-state index is 12.3. The number of benzene rings is 1. The third-order valence-corrected chi connectivity index (χ3v) is 6.33. The smallest absolute Gasteiger partial charge is 0.191 e. The SMILES string of the molecule is CCNC(=NCC(C)N1CCOCC1)NCCCS(=O)(=O)c1ccccc1. The Labute approximate surface area is 163 Å². The molecule has 0 radical (unpaired) electrons. The largest absolute Gasteiger partial charge is 0.379 e. The number of nitrogens with one attached hydrogen (secondary N) is 2. The number of nitrogens with zero attached hydrogens (tertiary/aromatic N) is 2. The van der Waals surface area contributed by atoms with Gasteiger partial charge in [0.05, 0.1) is 30.4 Å². The zero-order valence-corrected chi connectivity index (χ0v) is 17.2. The second kappa shape index (κ2) is 11.3. The van der Waals surface area contributed by atoms with Crippen molar-refractivity contribution in [3.8, 4) is 0 Å². The van der Waals surface area contributed by atoms with Gasteiger partial charge in [-0.2, -0.15) is 0 Å². The van der Waals surface area contributed by atoms with Crippen LogP contribution in [0.3, 0.4) is 0 Å². The summed E-state index contributed by atoms with van der Waals surface area (Å²) >= 11 is 0. The summed E-state index contributed by atoms with van der Waals surface area (Å²) in [6.45, 7) is 9.65. The Kier molecular flexibility index (Phi) is 9.03. The molecule has 0 aromatic heterocycles. The van der Waals surface area contributed by atoms with Crippen LogP contribution in [0.1, 0.15) is 20.3 Å². The van der Waals surface area contributed by atoms with E-state index in [1.165, 1.54) is 0 Å². The molecule has 1 aromatic carbocycles. The van der Waals surface area contributed by atoms with E-state index in [1.54, 1.807) is 24.3 Å². The number of sulfone groups is 1. The number of guanidine groups is 1. The van der Waals surface area contributed by atoms with Crippen LogP contribution in [0, 0.1) is 0 Å². The van der Waals surface area contributed by atoms with Crippen LogP contribution in [0.15, 0.2) is 40.2 Å². The first-order chi connectivity index (χ1) is 13.0. The van der Waals surface area contributed by atoms with Crippen molar-refractivity contribution < 1.29 is 13.2 Å². The first-order valence-electron chi connectivity index (χ1n) is 9.64. The van der Waals surface area contributed by atoms with E-state index < -0.39 is 9.84 Å². The summed E-state index contributed by atoms with van der Waals surface area (Å²) < 4.78 is 30.0. The third-order valence-electron chi connectivity index (χ3n) is 4.51. The molecule has 1 heterocycles.